The summed E-state index contributed by atoms with van der Waals surface area (Å²) in [5.41, 5.74) is 10.3. The zero-order valence-corrected chi connectivity index (χ0v) is 7.71. The third-order valence-electron chi connectivity index (χ3n) is 1.59. The first kappa shape index (κ1) is 12.8. The van der Waals surface area contributed by atoms with Gasteiger partial charge in [0.05, 0.1) is 6.61 Å². The number of hydrogen-bond acceptors (Lipinski definition) is 6. The zero-order valence-electron chi connectivity index (χ0n) is 7.71. The first-order chi connectivity index (χ1) is 6.40. The Hall–Kier alpha value is -1.18. The summed E-state index contributed by atoms with van der Waals surface area (Å²) in [7, 11) is 0. The number of rotatable bonds is 5. The van der Waals surface area contributed by atoms with Crippen LogP contribution in [0.25, 0.3) is 0 Å². The van der Waals surface area contributed by atoms with Gasteiger partial charge in [-0.15, -0.1) is 0 Å². The Kier molecular flexibility index (Phi) is 5.06. The Morgan fingerprint density at radius 2 is 1.93 bits per heavy atom. The molecule has 0 saturated heterocycles. The minimum absolute atomic E-state index is 0.562. The number of ether oxygens (including phenoxy) is 1. The summed E-state index contributed by atoms with van der Waals surface area (Å²) in [6.45, 7) is 0.772. The van der Waals surface area contributed by atoms with Gasteiger partial charge >= 0.3 is 11.9 Å². The molecule has 14 heavy (non-hydrogen) atoms. The molecule has 3 atom stereocenters. The number of nitrogens with two attached hydrogens (primary N) is 2. The summed E-state index contributed by atoms with van der Waals surface area (Å²) in [6, 6.07) is -2.47. The number of carboxylic acids is 1. The van der Waals surface area contributed by atoms with Crippen molar-refractivity contribution in [1.82, 2.24) is 0 Å². The Labute approximate surface area is 80.6 Å². The fraction of sp³-hybridized carbons (Fsp3) is 0.714. The second-order valence-corrected chi connectivity index (χ2v) is 2.80. The van der Waals surface area contributed by atoms with Gasteiger partial charge in [0.15, 0.2) is 0 Å². The maximum absolute atomic E-state index is 11.0. The van der Waals surface area contributed by atoms with Crippen molar-refractivity contribution < 1.29 is 24.5 Å². The summed E-state index contributed by atoms with van der Waals surface area (Å²) < 4.78 is 4.60. The van der Waals surface area contributed by atoms with Gasteiger partial charge < -0.3 is 26.4 Å². The van der Waals surface area contributed by atoms with Crippen LogP contribution in [0.5, 0.6) is 0 Å². The van der Waals surface area contributed by atoms with Crippen molar-refractivity contribution in [2.45, 2.75) is 25.1 Å². The molecule has 0 radical (unpaired) electrons. The first-order valence-corrected chi connectivity index (χ1v) is 3.95. The van der Waals surface area contributed by atoms with E-state index >= 15 is 0 Å². The first-order valence-electron chi connectivity index (χ1n) is 3.95. The van der Waals surface area contributed by atoms with Crippen LogP contribution < -0.4 is 11.5 Å². The SMILES string of the molecule is C[C@@H](OC(=O)[C@@H](N)CO)[C@H](N)C(=O)O. The van der Waals surface area contributed by atoms with E-state index in [0.717, 1.165) is 0 Å². The number of carbonyl (C=O) groups is 2. The van der Waals surface area contributed by atoms with Crippen molar-refractivity contribution in [3.8, 4) is 0 Å². The highest BCUT2D eigenvalue weighted by Gasteiger charge is 2.25. The molecular formula is C7H14N2O5. The van der Waals surface area contributed by atoms with Gasteiger partial charge in [0.2, 0.25) is 0 Å². The van der Waals surface area contributed by atoms with Gasteiger partial charge in [-0.2, -0.15) is 0 Å². The number of carboxylic acid groups (broad SMARTS) is 1. The van der Waals surface area contributed by atoms with E-state index < -0.39 is 36.7 Å². The lowest BCUT2D eigenvalue weighted by atomic mass is 10.2. The average molecular weight is 206 g/mol. The predicted octanol–water partition coefficient (Wildman–Crippen LogP) is -2.35. The van der Waals surface area contributed by atoms with Crippen LogP contribution in [0.1, 0.15) is 6.92 Å². The lowest BCUT2D eigenvalue weighted by Gasteiger charge is -2.18. The third kappa shape index (κ3) is 3.69. The van der Waals surface area contributed by atoms with E-state index in [2.05, 4.69) is 4.74 Å². The highest BCUT2D eigenvalue weighted by molar-refractivity contribution is 5.78. The zero-order chi connectivity index (χ0) is 11.3. The highest BCUT2D eigenvalue weighted by atomic mass is 16.5. The van der Waals surface area contributed by atoms with Crippen molar-refractivity contribution >= 4 is 11.9 Å². The predicted molar refractivity (Wildman–Crippen MR) is 46.2 cm³/mol. The normalized spacial score (nSPS) is 16.9. The fourth-order valence-electron chi connectivity index (χ4n) is 0.619. The molecule has 0 amide bonds. The molecule has 6 N–H and O–H groups in total. The molecule has 0 aliphatic carbocycles. The fourth-order valence-corrected chi connectivity index (χ4v) is 0.619. The Balaban J connectivity index is 4.12. The van der Waals surface area contributed by atoms with Crippen LogP contribution in [-0.4, -0.2) is 46.9 Å². The van der Waals surface area contributed by atoms with E-state index in [1.807, 2.05) is 0 Å². The molecule has 0 aromatic carbocycles. The Morgan fingerprint density at radius 1 is 1.43 bits per heavy atom. The van der Waals surface area contributed by atoms with Crippen molar-refractivity contribution in [1.29, 1.82) is 0 Å². The molecule has 0 rings (SSSR count). The second-order valence-electron chi connectivity index (χ2n) is 2.80. The number of hydrogen-bond donors (Lipinski definition) is 4. The van der Waals surface area contributed by atoms with E-state index in [4.69, 9.17) is 21.7 Å². The summed E-state index contributed by atoms with van der Waals surface area (Å²) >= 11 is 0. The van der Waals surface area contributed by atoms with Crippen molar-refractivity contribution in [2.24, 2.45) is 11.5 Å². The van der Waals surface area contributed by atoms with Crippen molar-refractivity contribution in [3.05, 3.63) is 0 Å². The second kappa shape index (κ2) is 5.53. The maximum Gasteiger partial charge on any atom is 0.325 e. The third-order valence-corrected chi connectivity index (χ3v) is 1.59. The van der Waals surface area contributed by atoms with Gasteiger partial charge in [-0.3, -0.25) is 9.59 Å². The van der Waals surface area contributed by atoms with E-state index in [1.165, 1.54) is 6.92 Å². The molecule has 0 aliphatic heterocycles. The van der Waals surface area contributed by atoms with Gasteiger partial charge in [0.1, 0.15) is 18.2 Å². The quantitative estimate of drug-likeness (QED) is 0.370. The average Bonchev–Trinajstić information content (AvgIpc) is 2.14. The van der Waals surface area contributed by atoms with Gasteiger partial charge in [0.25, 0.3) is 0 Å². The Morgan fingerprint density at radius 3 is 2.29 bits per heavy atom. The van der Waals surface area contributed by atoms with Gasteiger partial charge in [-0.25, -0.2) is 0 Å². The van der Waals surface area contributed by atoms with Gasteiger partial charge in [0, 0.05) is 0 Å². The standard InChI is InChI=1S/C7H14N2O5/c1-3(5(9)6(11)12)14-7(13)4(8)2-10/h3-5,10H,2,8-9H2,1H3,(H,11,12)/t3-,4+,5+/m1/s1. The molecular weight excluding hydrogens is 192 g/mol. The minimum atomic E-state index is -1.30. The molecule has 0 fully saturated rings. The number of aliphatic hydroxyl groups is 1. The van der Waals surface area contributed by atoms with Gasteiger partial charge in [-0.1, -0.05) is 0 Å². The van der Waals surface area contributed by atoms with Crippen LogP contribution in [0, 0.1) is 0 Å². The molecule has 0 heterocycles. The molecule has 82 valence electrons. The van der Waals surface area contributed by atoms with E-state index in [-0.39, 0.29) is 0 Å². The van der Waals surface area contributed by atoms with Crippen LogP contribution in [0.3, 0.4) is 0 Å². The molecule has 7 heteroatoms. The molecule has 0 saturated carbocycles. The smallest absolute Gasteiger partial charge is 0.325 e. The van der Waals surface area contributed by atoms with E-state index in [1.54, 1.807) is 0 Å². The number of esters is 1. The molecule has 0 aromatic rings. The maximum atomic E-state index is 11.0. The molecule has 0 aliphatic rings. The van der Waals surface area contributed by atoms with Crippen LogP contribution in [0.4, 0.5) is 0 Å². The Bertz CT molecular complexity index is 220. The van der Waals surface area contributed by atoms with Gasteiger partial charge in [-0.05, 0) is 6.92 Å². The summed E-state index contributed by atoms with van der Waals surface area (Å²) in [5.74, 6) is -2.15. The highest BCUT2D eigenvalue weighted by Crippen LogP contribution is 1.98. The largest absolute Gasteiger partial charge is 0.480 e. The number of carbonyl (C=O) groups excluding carboxylic acids is 1. The lowest BCUT2D eigenvalue weighted by Crippen LogP contribution is -2.46. The molecule has 0 unspecified atom stereocenters. The molecule has 7 nitrogen and oxygen atoms in total. The van der Waals surface area contributed by atoms with Crippen molar-refractivity contribution in [2.75, 3.05) is 6.61 Å². The van der Waals surface area contributed by atoms with E-state index in [0.29, 0.717) is 0 Å². The topological polar surface area (TPSA) is 136 Å². The minimum Gasteiger partial charge on any atom is -0.480 e. The summed E-state index contributed by atoms with van der Waals surface area (Å²) in [4.78, 5) is 21.3. The molecule has 0 spiro atoms. The van der Waals surface area contributed by atoms with Crippen LogP contribution in [-0.2, 0) is 14.3 Å². The number of aliphatic hydroxyl groups excluding tert-OH is 1. The summed E-state index contributed by atoms with van der Waals surface area (Å²) in [6.07, 6.45) is -0.988. The van der Waals surface area contributed by atoms with Crippen molar-refractivity contribution in [3.63, 3.8) is 0 Å². The van der Waals surface area contributed by atoms with Crippen LogP contribution in [0.2, 0.25) is 0 Å². The lowest BCUT2D eigenvalue weighted by molar-refractivity contribution is -0.155. The van der Waals surface area contributed by atoms with Crippen LogP contribution in [0.15, 0.2) is 0 Å². The molecule has 0 aromatic heterocycles. The van der Waals surface area contributed by atoms with Crippen LogP contribution >= 0.6 is 0 Å². The number of aliphatic carboxylic acids is 1. The monoisotopic (exact) mass is 206 g/mol. The summed E-state index contributed by atoms with van der Waals surface area (Å²) in [5, 5.41) is 17.0. The van der Waals surface area contributed by atoms with E-state index in [9.17, 15) is 9.59 Å². The molecule has 0 bridgehead atoms.